The quantitative estimate of drug-likeness (QED) is 0.133. The second-order valence-electron chi connectivity index (χ2n) is 19.1. The van der Waals surface area contributed by atoms with Gasteiger partial charge in [-0.25, -0.2) is 14.8 Å². The number of aromatic nitrogens is 4. The molecule has 1 aliphatic carbocycles. The molecule has 3 N–H and O–H groups in total. The Hall–Kier alpha value is -2.78. The van der Waals surface area contributed by atoms with Crippen molar-refractivity contribution in [2.75, 3.05) is 26.9 Å². The van der Waals surface area contributed by atoms with E-state index in [1.54, 1.807) is 0 Å². The number of benzene rings is 3. The van der Waals surface area contributed by atoms with E-state index in [9.17, 15) is 14.4 Å². The van der Waals surface area contributed by atoms with E-state index < -0.39 is 12.1 Å². The molecule has 7 atom stereocenters. The Balaban J connectivity index is 0.00000227. The van der Waals surface area contributed by atoms with Gasteiger partial charge in [-0.15, -0.1) is 0 Å². The van der Waals surface area contributed by atoms with Crippen molar-refractivity contribution in [1.82, 2.24) is 35.1 Å². The van der Waals surface area contributed by atoms with Crippen LogP contribution in [-0.2, 0) is 19.1 Å². The van der Waals surface area contributed by atoms with Crippen LogP contribution in [0.3, 0.4) is 0 Å². The number of nitrogens with zero attached hydrogens (tertiary/aromatic N) is 4. The monoisotopic (exact) mass is 1070 g/mol. The van der Waals surface area contributed by atoms with Crippen molar-refractivity contribution in [3.63, 3.8) is 0 Å². The number of likely N-dealkylation sites (tertiary alicyclic amines) is 2. The smallest absolute Gasteiger partial charge is 0.407 e. The molecule has 9 rings (SSSR count). The largest absolute Gasteiger partial charge is 0.453 e. The number of aromatic amines is 2. The number of carbonyl (C=O) groups excluding carboxylic acids is 3. The molecule has 5 aromatic rings. The lowest BCUT2D eigenvalue weighted by molar-refractivity contribution is -0.139. The van der Waals surface area contributed by atoms with Crippen molar-refractivity contribution >= 4 is 134 Å². The number of nitrogens with one attached hydrogen (secondary N) is 3. The maximum absolute atomic E-state index is 14.4. The highest BCUT2D eigenvalue weighted by molar-refractivity contribution is 7.60. The van der Waals surface area contributed by atoms with E-state index in [1.165, 1.54) is 13.5 Å². The molecule has 68 heavy (non-hydrogen) atoms. The number of hydrogen-bond acceptors (Lipinski definition) is 7. The normalized spacial score (nSPS) is 22.5. The molecule has 2 aromatic heterocycles. The number of H-pyrrole nitrogens is 2. The van der Waals surface area contributed by atoms with Crippen LogP contribution >= 0.6 is 94.5 Å². The van der Waals surface area contributed by atoms with Gasteiger partial charge in [0.1, 0.15) is 17.7 Å². The predicted octanol–water partition coefficient (Wildman–Crippen LogP) is 10.1. The number of hydrogen-bond donors (Lipinski definition) is 3. The summed E-state index contributed by atoms with van der Waals surface area (Å²) in [7, 11) is 1.33. The molecular formula is C49H75N7O5S7. The molecule has 378 valence electrons. The predicted molar refractivity (Wildman–Crippen MR) is 309 cm³/mol. The van der Waals surface area contributed by atoms with Crippen LogP contribution in [0.5, 0.6) is 0 Å². The van der Waals surface area contributed by atoms with E-state index in [0.717, 1.165) is 107 Å². The minimum atomic E-state index is -0.687. The maximum atomic E-state index is 14.4. The lowest BCUT2D eigenvalue weighted by Gasteiger charge is -2.36. The Bertz CT molecular complexity index is 2450. The highest BCUT2D eigenvalue weighted by atomic mass is 32.1. The van der Waals surface area contributed by atoms with Gasteiger partial charge in [-0.3, -0.25) is 9.59 Å². The molecule has 0 radical (unpaired) electrons. The fourth-order valence-corrected chi connectivity index (χ4v) is 10.8. The van der Waals surface area contributed by atoms with Crippen molar-refractivity contribution in [2.24, 2.45) is 29.1 Å². The molecule has 1 saturated carbocycles. The summed E-state index contributed by atoms with van der Waals surface area (Å²) in [4.78, 5) is 61.9. The van der Waals surface area contributed by atoms with Crippen LogP contribution < -0.4 is 5.32 Å². The first-order valence-electron chi connectivity index (χ1n) is 22.6. The van der Waals surface area contributed by atoms with E-state index in [1.807, 2.05) is 31.9 Å². The Kier molecular flexibility index (Phi) is 23.1. The van der Waals surface area contributed by atoms with Gasteiger partial charge in [0.15, 0.2) is 0 Å². The van der Waals surface area contributed by atoms with Crippen LogP contribution in [0.1, 0.15) is 110 Å². The van der Waals surface area contributed by atoms with Gasteiger partial charge in [-0.1, -0.05) is 89.9 Å². The third-order valence-electron chi connectivity index (χ3n) is 14.6. The summed E-state index contributed by atoms with van der Waals surface area (Å²) in [5, 5.41) is 4.96. The van der Waals surface area contributed by atoms with Crippen LogP contribution in [0.25, 0.3) is 44.2 Å². The third-order valence-corrected chi connectivity index (χ3v) is 14.6. The molecule has 3 amide bonds. The summed E-state index contributed by atoms with van der Waals surface area (Å²) in [6.45, 7) is 12.4. The van der Waals surface area contributed by atoms with Gasteiger partial charge in [-0.2, -0.15) is 94.5 Å². The van der Waals surface area contributed by atoms with Gasteiger partial charge in [0, 0.05) is 35.9 Å². The molecule has 12 nitrogen and oxygen atoms in total. The molecule has 0 bridgehead atoms. The Morgan fingerprint density at radius 3 is 2.15 bits per heavy atom. The van der Waals surface area contributed by atoms with Gasteiger partial charge >= 0.3 is 6.09 Å². The molecule has 19 heteroatoms. The molecular weight excluding hydrogens is 991 g/mol. The third kappa shape index (κ3) is 11.9. The molecule has 3 aliphatic heterocycles. The van der Waals surface area contributed by atoms with Gasteiger partial charge in [0.2, 0.25) is 11.8 Å². The molecule has 3 aromatic carbocycles. The Labute approximate surface area is 450 Å². The van der Waals surface area contributed by atoms with E-state index in [4.69, 9.17) is 19.4 Å². The summed E-state index contributed by atoms with van der Waals surface area (Å²) in [6, 6.07) is 18.4. The fraction of sp³-hybridized carbons (Fsp3) is 0.531. The van der Waals surface area contributed by atoms with Crippen molar-refractivity contribution in [3.05, 3.63) is 72.4 Å². The zero-order valence-electron chi connectivity index (χ0n) is 40.0. The van der Waals surface area contributed by atoms with Crippen LogP contribution in [0, 0.1) is 29.1 Å². The second-order valence-corrected chi connectivity index (χ2v) is 19.1. The number of rotatable bonds is 9. The number of carbonyl (C=O) groups is 3. The number of alkyl carbamates (subject to hydrolysis) is 1. The first-order chi connectivity index (χ1) is 29.4. The Morgan fingerprint density at radius 1 is 0.794 bits per heavy atom. The highest BCUT2D eigenvalue weighted by Gasteiger charge is 2.50. The van der Waals surface area contributed by atoms with Crippen molar-refractivity contribution in [3.8, 4) is 22.4 Å². The minimum absolute atomic E-state index is 0. The average Bonchev–Trinajstić information content (AvgIpc) is 4.09. The van der Waals surface area contributed by atoms with E-state index in [0.29, 0.717) is 19.1 Å². The first-order valence-corrected chi connectivity index (χ1v) is 22.6. The molecule has 1 spiro atoms. The number of methoxy groups -OCH3 is 1. The van der Waals surface area contributed by atoms with Crippen LogP contribution in [-0.4, -0.2) is 86.6 Å². The zero-order chi connectivity index (χ0) is 42.6. The highest BCUT2D eigenvalue weighted by Crippen LogP contribution is 2.49. The van der Waals surface area contributed by atoms with Crippen molar-refractivity contribution in [2.45, 2.75) is 110 Å². The lowest BCUT2D eigenvalue weighted by atomic mass is 9.80. The molecule has 3 saturated heterocycles. The van der Waals surface area contributed by atoms with Crippen LogP contribution in [0.2, 0.25) is 0 Å². The zero-order valence-corrected chi connectivity index (χ0v) is 47.0. The average molecular weight is 1070 g/mol. The molecule has 4 fully saturated rings. The number of amides is 3. The standard InChI is InChI=1S/C49H61N7O5.7H2S/c1-28(2)30(5)46(57)55-26-49(20-9-21-61-27-49)24-41(55)44-50-25-38(52-44)32-14-12-31(13-15-32)33-16-18-36-34(22-33)17-19-37-43(36)53-45(51-37)40-23-35-10-7-8-11-39(35)56(40)47(58)42(29(3)4)54-48(59)60-6;;;;;;;/h12-19,22,25,28-30,35,39-42H,7-11,20-21,23-24,26-27H2,1-6H3,(H,50,52)(H,51,53)(H,54,59);7*1H2/t30-,35-,39-,40-,41-,42-,49-;;;;;;;/m0......./s1. The minimum Gasteiger partial charge on any atom is -0.453 e. The summed E-state index contributed by atoms with van der Waals surface area (Å²) in [5.74, 6) is 2.27. The SMILES string of the molecule is COC(=O)N[C@H](C(=O)N1[C@H](c2nc3c(ccc4cc(-c5ccc(-c6cnc([C@@H]7C[C@@]8(CCCOC8)CN7C(=O)[C@@H](C)C(C)C)[nH]6)cc5)ccc43)[nH]2)C[C@@H]2CCCC[C@@H]21)C(C)C.S.S.S.S.S.S.S. The van der Waals surface area contributed by atoms with Gasteiger partial charge < -0.3 is 34.6 Å². The lowest BCUT2D eigenvalue weighted by Crippen LogP contribution is -2.53. The summed E-state index contributed by atoms with van der Waals surface area (Å²) in [5.41, 5.74) is 5.99. The Morgan fingerprint density at radius 2 is 1.49 bits per heavy atom. The summed E-state index contributed by atoms with van der Waals surface area (Å²) < 4.78 is 10.9. The van der Waals surface area contributed by atoms with E-state index in [-0.39, 0.29) is 148 Å². The topological polar surface area (TPSA) is 146 Å². The van der Waals surface area contributed by atoms with Gasteiger partial charge in [-0.05, 0) is 90.5 Å². The first kappa shape index (κ1) is 61.3. The molecule has 4 aliphatic rings. The number of ether oxygens (including phenoxy) is 2. The van der Waals surface area contributed by atoms with Crippen molar-refractivity contribution < 1.29 is 23.9 Å². The van der Waals surface area contributed by atoms with Gasteiger partial charge in [0.05, 0.1) is 48.7 Å². The maximum Gasteiger partial charge on any atom is 0.407 e. The second kappa shape index (κ2) is 25.6. The fourth-order valence-electron chi connectivity index (χ4n) is 10.8. The molecule has 5 heterocycles. The van der Waals surface area contributed by atoms with Crippen molar-refractivity contribution in [1.29, 1.82) is 0 Å². The number of imidazole rings is 2. The van der Waals surface area contributed by atoms with E-state index >= 15 is 0 Å². The van der Waals surface area contributed by atoms with E-state index in [2.05, 4.69) is 88.6 Å². The van der Waals surface area contributed by atoms with Gasteiger partial charge in [0.25, 0.3) is 0 Å². The van der Waals surface area contributed by atoms with Crippen LogP contribution in [0.15, 0.2) is 60.8 Å². The molecule has 0 unspecified atom stereocenters. The summed E-state index contributed by atoms with van der Waals surface area (Å²) in [6.07, 6.45) is 9.42. The van der Waals surface area contributed by atoms with Crippen LogP contribution in [0.4, 0.5) is 4.79 Å². The summed E-state index contributed by atoms with van der Waals surface area (Å²) >= 11 is 0. The number of fused-ring (bicyclic) bond motifs is 4.